The standard InChI is InChI=1S/C46H31N3/c1-4-14-33(15-5-1)46(34-16-6-2-7-17-34)39-21-11-10-20-37(39)44-38-30-31-48(42(38)29-28-40(44)46)35-26-24-32(25-27-35)45-47-41-22-12-13-23-43(41)49(45)36-18-8-3-9-19-36/h1-31H. The maximum absolute atomic E-state index is 5.08. The molecule has 3 heteroatoms. The van der Waals surface area contributed by atoms with E-state index in [1.165, 1.54) is 44.3 Å². The largest absolute Gasteiger partial charge is 0.317 e. The van der Waals surface area contributed by atoms with Crippen molar-refractivity contribution >= 4 is 21.9 Å². The zero-order valence-corrected chi connectivity index (χ0v) is 26.7. The molecule has 0 radical (unpaired) electrons. The number of hydrogen-bond donors (Lipinski definition) is 0. The van der Waals surface area contributed by atoms with Crippen molar-refractivity contribution < 1.29 is 0 Å². The Balaban J connectivity index is 1.13. The van der Waals surface area contributed by atoms with Crippen LogP contribution >= 0.6 is 0 Å². The molecule has 2 heterocycles. The molecule has 49 heavy (non-hydrogen) atoms. The summed E-state index contributed by atoms with van der Waals surface area (Å²) in [5.74, 6) is 0.934. The molecule has 3 nitrogen and oxygen atoms in total. The monoisotopic (exact) mass is 625 g/mol. The highest BCUT2D eigenvalue weighted by molar-refractivity contribution is 6.03. The molecule has 0 spiro atoms. The molecule has 9 aromatic rings. The van der Waals surface area contributed by atoms with Gasteiger partial charge in [0, 0.05) is 28.5 Å². The van der Waals surface area contributed by atoms with Crippen molar-refractivity contribution in [3.63, 3.8) is 0 Å². The van der Waals surface area contributed by atoms with E-state index in [0.29, 0.717) is 0 Å². The van der Waals surface area contributed by atoms with Crippen LogP contribution in [0.3, 0.4) is 0 Å². The van der Waals surface area contributed by atoms with Gasteiger partial charge in [-0.15, -0.1) is 0 Å². The van der Waals surface area contributed by atoms with Crippen molar-refractivity contribution in [3.8, 4) is 33.9 Å². The third-order valence-electron chi connectivity index (χ3n) is 10.3. The van der Waals surface area contributed by atoms with Gasteiger partial charge in [0.15, 0.2) is 0 Å². The van der Waals surface area contributed by atoms with Crippen LogP contribution < -0.4 is 0 Å². The lowest BCUT2D eigenvalue weighted by molar-refractivity contribution is 0.769. The van der Waals surface area contributed by atoms with Crippen LogP contribution in [-0.4, -0.2) is 14.1 Å². The molecule has 10 rings (SSSR count). The molecule has 1 aliphatic carbocycles. The molecular formula is C46H31N3. The fraction of sp³-hybridized carbons (Fsp3) is 0.0217. The van der Waals surface area contributed by atoms with Crippen molar-refractivity contribution in [2.24, 2.45) is 0 Å². The topological polar surface area (TPSA) is 22.8 Å². The van der Waals surface area contributed by atoms with Gasteiger partial charge < -0.3 is 4.57 Å². The van der Waals surface area contributed by atoms with E-state index >= 15 is 0 Å². The normalized spacial score (nSPS) is 13.1. The fourth-order valence-electron chi connectivity index (χ4n) is 8.21. The first-order chi connectivity index (χ1) is 24.3. The highest BCUT2D eigenvalue weighted by atomic mass is 15.1. The molecule has 0 fully saturated rings. The number of nitrogens with zero attached hydrogens (tertiary/aromatic N) is 3. The second-order valence-corrected chi connectivity index (χ2v) is 12.8. The van der Waals surface area contributed by atoms with Gasteiger partial charge in [-0.25, -0.2) is 4.98 Å². The molecule has 0 amide bonds. The molecule has 0 aliphatic heterocycles. The van der Waals surface area contributed by atoms with E-state index in [0.717, 1.165) is 33.8 Å². The van der Waals surface area contributed by atoms with E-state index in [2.05, 4.69) is 191 Å². The van der Waals surface area contributed by atoms with Crippen LogP contribution in [0.15, 0.2) is 188 Å². The average molecular weight is 626 g/mol. The maximum Gasteiger partial charge on any atom is 0.145 e. The summed E-state index contributed by atoms with van der Waals surface area (Å²) >= 11 is 0. The minimum atomic E-state index is -0.406. The van der Waals surface area contributed by atoms with Gasteiger partial charge in [-0.3, -0.25) is 4.57 Å². The quantitative estimate of drug-likeness (QED) is 0.187. The Kier molecular flexibility index (Phi) is 6.09. The summed E-state index contributed by atoms with van der Waals surface area (Å²) in [6.07, 6.45) is 2.22. The summed E-state index contributed by atoms with van der Waals surface area (Å²) in [5.41, 5.74) is 14.0. The lowest BCUT2D eigenvalue weighted by atomic mass is 9.67. The summed E-state index contributed by atoms with van der Waals surface area (Å²) in [6, 6.07) is 65.6. The first-order valence-corrected chi connectivity index (χ1v) is 16.8. The van der Waals surface area contributed by atoms with Gasteiger partial charge in [-0.2, -0.15) is 0 Å². The number of hydrogen-bond acceptors (Lipinski definition) is 1. The Labute approximate surface area is 285 Å². The molecule has 0 saturated carbocycles. The predicted octanol–water partition coefficient (Wildman–Crippen LogP) is 11.0. The molecule has 230 valence electrons. The van der Waals surface area contributed by atoms with E-state index in [9.17, 15) is 0 Å². The van der Waals surface area contributed by atoms with Gasteiger partial charge in [-0.05, 0) is 94.0 Å². The highest BCUT2D eigenvalue weighted by Crippen LogP contribution is 2.57. The first-order valence-electron chi connectivity index (χ1n) is 16.8. The van der Waals surface area contributed by atoms with Crippen LogP contribution in [0.2, 0.25) is 0 Å². The van der Waals surface area contributed by atoms with E-state index in [4.69, 9.17) is 4.98 Å². The number of rotatable bonds is 5. The van der Waals surface area contributed by atoms with Crippen molar-refractivity contribution in [2.45, 2.75) is 5.41 Å². The number of imidazole rings is 1. The van der Waals surface area contributed by atoms with E-state index in [1.807, 2.05) is 6.07 Å². The second kappa shape index (κ2) is 10.8. The number of fused-ring (bicyclic) bond motifs is 6. The van der Waals surface area contributed by atoms with Gasteiger partial charge in [0.2, 0.25) is 0 Å². The zero-order chi connectivity index (χ0) is 32.4. The molecule has 0 N–H and O–H groups in total. The number of benzene rings is 7. The molecule has 1 aliphatic rings. The minimum Gasteiger partial charge on any atom is -0.317 e. The third-order valence-corrected chi connectivity index (χ3v) is 10.3. The van der Waals surface area contributed by atoms with E-state index in [-0.39, 0.29) is 0 Å². The van der Waals surface area contributed by atoms with Gasteiger partial charge in [0.25, 0.3) is 0 Å². The second-order valence-electron chi connectivity index (χ2n) is 12.8. The zero-order valence-electron chi connectivity index (χ0n) is 26.7. The van der Waals surface area contributed by atoms with Crippen LogP contribution in [0, 0.1) is 0 Å². The Morgan fingerprint density at radius 3 is 1.82 bits per heavy atom. The number of para-hydroxylation sites is 3. The summed E-state index contributed by atoms with van der Waals surface area (Å²) < 4.78 is 4.56. The third kappa shape index (κ3) is 3.99. The SMILES string of the molecule is c1ccc(-n2c(-c3ccc(-n4ccc5c6c(ccc54)C(c4ccccc4)(c4ccccc4)c4ccccc4-6)cc3)nc3ccccc32)cc1. The molecule has 0 bridgehead atoms. The molecule has 0 unspecified atom stereocenters. The lowest BCUT2D eigenvalue weighted by Crippen LogP contribution is -2.28. The summed E-state index contributed by atoms with van der Waals surface area (Å²) in [4.78, 5) is 5.08. The van der Waals surface area contributed by atoms with Gasteiger partial charge in [-0.1, -0.05) is 121 Å². The van der Waals surface area contributed by atoms with Gasteiger partial charge >= 0.3 is 0 Å². The van der Waals surface area contributed by atoms with Crippen LogP contribution in [0.4, 0.5) is 0 Å². The molecule has 7 aromatic carbocycles. The fourth-order valence-corrected chi connectivity index (χ4v) is 8.21. The Morgan fingerprint density at radius 1 is 0.449 bits per heavy atom. The average Bonchev–Trinajstić information content (AvgIpc) is 3.87. The first kappa shape index (κ1) is 27.6. The molecule has 0 atom stereocenters. The van der Waals surface area contributed by atoms with Crippen LogP contribution in [0.25, 0.3) is 55.8 Å². The van der Waals surface area contributed by atoms with E-state index < -0.39 is 5.41 Å². The Bertz CT molecular complexity index is 2590. The summed E-state index contributed by atoms with van der Waals surface area (Å²) in [6.45, 7) is 0. The predicted molar refractivity (Wildman–Crippen MR) is 201 cm³/mol. The van der Waals surface area contributed by atoms with E-state index in [1.54, 1.807) is 0 Å². The lowest BCUT2D eigenvalue weighted by Gasteiger charge is -2.33. The minimum absolute atomic E-state index is 0.406. The Morgan fingerprint density at radius 2 is 1.08 bits per heavy atom. The smallest absolute Gasteiger partial charge is 0.145 e. The van der Waals surface area contributed by atoms with Crippen LogP contribution in [0.1, 0.15) is 22.3 Å². The van der Waals surface area contributed by atoms with Crippen LogP contribution in [0.5, 0.6) is 0 Å². The van der Waals surface area contributed by atoms with Crippen molar-refractivity contribution in [3.05, 3.63) is 210 Å². The molecule has 0 saturated heterocycles. The summed E-state index contributed by atoms with van der Waals surface area (Å²) in [5, 5.41) is 1.26. The Hall–Kier alpha value is -6.45. The van der Waals surface area contributed by atoms with Crippen molar-refractivity contribution in [1.29, 1.82) is 0 Å². The highest BCUT2D eigenvalue weighted by Gasteiger charge is 2.46. The van der Waals surface area contributed by atoms with Gasteiger partial charge in [0.1, 0.15) is 5.82 Å². The maximum atomic E-state index is 5.08. The van der Waals surface area contributed by atoms with Crippen LogP contribution in [-0.2, 0) is 5.41 Å². The van der Waals surface area contributed by atoms with Crippen molar-refractivity contribution in [2.75, 3.05) is 0 Å². The van der Waals surface area contributed by atoms with Crippen molar-refractivity contribution in [1.82, 2.24) is 14.1 Å². The molecule has 2 aromatic heterocycles. The number of aromatic nitrogens is 3. The summed E-state index contributed by atoms with van der Waals surface area (Å²) in [7, 11) is 0. The van der Waals surface area contributed by atoms with Gasteiger partial charge in [0.05, 0.1) is 22.0 Å². The molecular weight excluding hydrogens is 595 g/mol.